The first-order valence-electron chi connectivity index (χ1n) is 8.81. The average molecular weight is 356 g/mol. The molecule has 1 fully saturated rings. The molecule has 0 saturated carbocycles. The number of ether oxygens (including phenoxy) is 1. The van der Waals surface area contributed by atoms with Gasteiger partial charge < -0.3 is 19.9 Å². The summed E-state index contributed by atoms with van der Waals surface area (Å²) >= 11 is 0. The van der Waals surface area contributed by atoms with Crippen molar-refractivity contribution >= 4 is 11.8 Å². The van der Waals surface area contributed by atoms with Gasteiger partial charge in [-0.3, -0.25) is 9.59 Å². The first kappa shape index (κ1) is 18.0. The number of nitrogens with one attached hydrogen (secondary N) is 2. The minimum absolute atomic E-state index is 0.0182. The van der Waals surface area contributed by atoms with E-state index in [-0.39, 0.29) is 24.3 Å². The number of carbonyl (C=O) groups excluding carboxylic acids is 2. The lowest BCUT2D eigenvalue weighted by atomic mass is 10.1. The van der Waals surface area contributed by atoms with Crippen LogP contribution in [0.4, 0.5) is 0 Å². The van der Waals surface area contributed by atoms with Crippen LogP contribution in [0.1, 0.15) is 30.5 Å². The normalized spacial score (nSPS) is 17.7. The molecule has 2 amide bonds. The number of hydrogen-bond acceptors (Lipinski definition) is 4. The molecule has 2 aromatic rings. The van der Waals surface area contributed by atoms with Crippen LogP contribution in [0.15, 0.2) is 36.8 Å². The highest BCUT2D eigenvalue weighted by Crippen LogP contribution is 2.18. The quantitative estimate of drug-likeness (QED) is 0.824. The molecule has 0 bridgehead atoms. The van der Waals surface area contributed by atoms with Crippen molar-refractivity contribution in [2.45, 2.75) is 38.3 Å². The summed E-state index contributed by atoms with van der Waals surface area (Å²) in [5, 5.41) is 3.03. The molecule has 1 aromatic heterocycles. The van der Waals surface area contributed by atoms with Gasteiger partial charge in [0.15, 0.2) is 0 Å². The van der Waals surface area contributed by atoms with E-state index in [9.17, 15) is 9.59 Å². The van der Waals surface area contributed by atoms with Gasteiger partial charge in [-0.15, -0.1) is 0 Å². The maximum Gasteiger partial charge on any atom is 0.226 e. The number of hydrogen-bond donors (Lipinski definition) is 2. The van der Waals surface area contributed by atoms with Crippen LogP contribution in [0.5, 0.6) is 5.75 Å². The molecular formula is C19H24N4O3. The Balaban J connectivity index is 1.54. The van der Waals surface area contributed by atoms with Crippen molar-refractivity contribution < 1.29 is 14.3 Å². The zero-order chi connectivity index (χ0) is 18.4. The summed E-state index contributed by atoms with van der Waals surface area (Å²) in [5.41, 5.74) is 1.83. The zero-order valence-corrected chi connectivity index (χ0v) is 14.9. The Labute approximate surface area is 152 Å². The Morgan fingerprint density at radius 3 is 3.08 bits per heavy atom. The Kier molecular flexibility index (Phi) is 5.88. The van der Waals surface area contributed by atoms with E-state index in [0.29, 0.717) is 25.9 Å². The van der Waals surface area contributed by atoms with Crippen LogP contribution in [-0.4, -0.2) is 46.4 Å². The molecule has 1 unspecified atom stereocenters. The second-order valence-electron chi connectivity index (χ2n) is 6.51. The van der Waals surface area contributed by atoms with Gasteiger partial charge in [-0.1, -0.05) is 12.1 Å². The van der Waals surface area contributed by atoms with Crippen molar-refractivity contribution in [2.75, 3.05) is 13.7 Å². The predicted molar refractivity (Wildman–Crippen MR) is 96.5 cm³/mol. The van der Waals surface area contributed by atoms with Crippen LogP contribution in [0.25, 0.3) is 0 Å². The lowest BCUT2D eigenvalue weighted by Gasteiger charge is -2.21. The second-order valence-corrected chi connectivity index (χ2v) is 6.51. The highest BCUT2D eigenvalue weighted by atomic mass is 16.5. The van der Waals surface area contributed by atoms with Crippen molar-refractivity contribution in [1.29, 1.82) is 0 Å². The fourth-order valence-electron chi connectivity index (χ4n) is 3.17. The van der Waals surface area contributed by atoms with E-state index in [1.807, 2.05) is 29.2 Å². The van der Waals surface area contributed by atoms with Crippen molar-refractivity contribution in [3.05, 3.63) is 48.0 Å². The number of imidazole rings is 1. The molecule has 1 saturated heterocycles. The summed E-state index contributed by atoms with van der Waals surface area (Å²) in [6, 6.07) is 7.77. The van der Waals surface area contributed by atoms with Gasteiger partial charge >= 0.3 is 0 Å². The number of H-pyrrole nitrogens is 1. The molecule has 138 valence electrons. The van der Waals surface area contributed by atoms with E-state index in [4.69, 9.17) is 4.74 Å². The first-order valence-corrected chi connectivity index (χ1v) is 8.81. The van der Waals surface area contributed by atoms with Gasteiger partial charge in [-0.2, -0.15) is 0 Å². The Morgan fingerprint density at radius 1 is 1.42 bits per heavy atom. The molecule has 1 aromatic carbocycles. The summed E-state index contributed by atoms with van der Waals surface area (Å²) in [5.74, 6) is 0.861. The molecule has 1 atom stereocenters. The topological polar surface area (TPSA) is 87.3 Å². The Bertz CT molecular complexity index is 745. The van der Waals surface area contributed by atoms with E-state index in [1.54, 1.807) is 19.6 Å². The molecule has 7 nitrogen and oxygen atoms in total. The second kappa shape index (κ2) is 8.51. The molecule has 1 aliphatic rings. The van der Waals surface area contributed by atoms with Gasteiger partial charge in [0.1, 0.15) is 5.75 Å². The molecule has 7 heteroatoms. The smallest absolute Gasteiger partial charge is 0.226 e. The van der Waals surface area contributed by atoms with Crippen LogP contribution < -0.4 is 10.1 Å². The van der Waals surface area contributed by atoms with Crippen molar-refractivity contribution in [2.24, 2.45) is 0 Å². The summed E-state index contributed by atoms with van der Waals surface area (Å²) in [6.45, 7) is 1.19. The molecule has 1 aliphatic heterocycles. The maximum atomic E-state index is 12.4. The number of likely N-dealkylation sites (tertiary alicyclic amines) is 1. The van der Waals surface area contributed by atoms with Gasteiger partial charge in [-0.05, 0) is 30.5 Å². The molecule has 0 spiro atoms. The minimum atomic E-state index is -0.0482. The summed E-state index contributed by atoms with van der Waals surface area (Å²) < 4.78 is 5.24. The summed E-state index contributed by atoms with van der Waals surface area (Å²) in [7, 11) is 1.63. The standard InChI is InChI=1S/C19H24N4O3/c1-26-17-4-2-3-14(9-17)12-23-8-7-15(5-6-19(23)25)22-18(24)10-16-11-20-13-21-16/h2-4,9,11,13,15H,5-8,10,12H2,1H3,(H,20,21)(H,22,24). The van der Waals surface area contributed by atoms with Crippen molar-refractivity contribution in [3.8, 4) is 5.75 Å². The van der Waals surface area contributed by atoms with Gasteiger partial charge in [0, 0.05) is 37.4 Å². The van der Waals surface area contributed by atoms with Crippen molar-refractivity contribution in [3.63, 3.8) is 0 Å². The third-order valence-corrected chi connectivity index (χ3v) is 4.59. The minimum Gasteiger partial charge on any atom is -0.497 e. The third kappa shape index (κ3) is 4.84. The van der Waals surface area contributed by atoms with E-state index in [1.165, 1.54) is 0 Å². The zero-order valence-electron chi connectivity index (χ0n) is 14.9. The Hall–Kier alpha value is -2.83. The van der Waals surface area contributed by atoms with E-state index in [2.05, 4.69) is 15.3 Å². The number of methoxy groups -OCH3 is 1. The van der Waals surface area contributed by atoms with Crippen LogP contribution in [0, 0.1) is 0 Å². The van der Waals surface area contributed by atoms with E-state index >= 15 is 0 Å². The molecular weight excluding hydrogens is 332 g/mol. The number of amides is 2. The number of benzene rings is 1. The fraction of sp³-hybridized carbons (Fsp3) is 0.421. The maximum absolute atomic E-state index is 12.4. The van der Waals surface area contributed by atoms with Crippen LogP contribution in [-0.2, 0) is 22.6 Å². The number of carbonyl (C=O) groups is 2. The van der Waals surface area contributed by atoms with E-state index < -0.39 is 0 Å². The molecule has 2 N–H and O–H groups in total. The Morgan fingerprint density at radius 2 is 2.31 bits per heavy atom. The predicted octanol–water partition coefficient (Wildman–Crippen LogP) is 1.66. The first-order chi connectivity index (χ1) is 12.6. The highest BCUT2D eigenvalue weighted by molar-refractivity contribution is 5.79. The average Bonchev–Trinajstić information content (AvgIpc) is 3.09. The summed E-state index contributed by atoms with van der Waals surface area (Å²) in [4.78, 5) is 33.3. The fourth-order valence-corrected chi connectivity index (χ4v) is 3.17. The van der Waals surface area contributed by atoms with Gasteiger partial charge in [0.05, 0.1) is 19.9 Å². The van der Waals surface area contributed by atoms with Gasteiger partial charge in [0.2, 0.25) is 11.8 Å². The number of rotatable bonds is 6. The van der Waals surface area contributed by atoms with Crippen LogP contribution in [0.2, 0.25) is 0 Å². The monoisotopic (exact) mass is 356 g/mol. The van der Waals surface area contributed by atoms with Gasteiger partial charge in [0.25, 0.3) is 0 Å². The lowest BCUT2D eigenvalue weighted by molar-refractivity contribution is -0.131. The SMILES string of the molecule is COc1cccc(CN2CCC(NC(=O)Cc3cnc[nH]3)CCC2=O)c1. The molecule has 3 rings (SSSR count). The molecule has 26 heavy (non-hydrogen) atoms. The van der Waals surface area contributed by atoms with Gasteiger partial charge in [-0.25, -0.2) is 4.98 Å². The summed E-state index contributed by atoms with van der Waals surface area (Å²) in [6.07, 6.45) is 5.35. The number of nitrogens with zero attached hydrogens (tertiary/aromatic N) is 2. The van der Waals surface area contributed by atoms with Crippen molar-refractivity contribution in [1.82, 2.24) is 20.2 Å². The third-order valence-electron chi connectivity index (χ3n) is 4.59. The van der Waals surface area contributed by atoms with Crippen LogP contribution >= 0.6 is 0 Å². The largest absolute Gasteiger partial charge is 0.497 e. The number of aromatic nitrogens is 2. The lowest BCUT2D eigenvalue weighted by Crippen LogP contribution is -2.36. The molecule has 2 heterocycles. The molecule has 0 aliphatic carbocycles. The van der Waals surface area contributed by atoms with E-state index in [0.717, 1.165) is 23.4 Å². The molecule has 0 radical (unpaired) electrons. The highest BCUT2D eigenvalue weighted by Gasteiger charge is 2.23. The number of aromatic amines is 1. The van der Waals surface area contributed by atoms with Crippen LogP contribution in [0.3, 0.4) is 0 Å².